The van der Waals surface area contributed by atoms with Crippen molar-refractivity contribution in [3.63, 3.8) is 0 Å². The van der Waals surface area contributed by atoms with Crippen molar-refractivity contribution in [2.75, 3.05) is 13.7 Å². The molecule has 1 aromatic heterocycles. The van der Waals surface area contributed by atoms with Crippen LogP contribution in [0.4, 0.5) is 0 Å². The van der Waals surface area contributed by atoms with Crippen molar-refractivity contribution < 1.29 is 14.3 Å². The summed E-state index contributed by atoms with van der Waals surface area (Å²) in [7, 11) is 1.35. The number of rotatable bonds is 3. The maximum Gasteiger partial charge on any atom is 0.310 e. The third-order valence-corrected chi connectivity index (χ3v) is 4.43. The fraction of sp³-hybridized carbons (Fsp3) is 0.357. The molecule has 2 aromatic rings. The highest BCUT2D eigenvalue weighted by Crippen LogP contribution is 2.26. The van der Waals surface area contributed by atoms with E-state index in [1.54, 1.807) is 16.2 Å². The molecule has 1 amide bonds. The first-order valence-corrected chi connectivity index (χ1v) is 7.19. The monoisotopic (exact) mass is 290 g/mol. The maximum absolute atomic E-state index is 11.9. The topological polar surface area (TPSA) is 59.5 Å². The molecular weight excluding hydrogens is 276 g/mol. The van der Waals surface area contributed by atoms with Crippen molar-refractivity contribution in [1.29, 1.82) is 0 Å². The lowest BCUT2D eigenvalue weighted by molar-refractivity contribution is -0.145. The second kappa shape index (κ2) is 5.20. The van der Waals surface area contributed by atoms with Crippen molar-refractivity contribution >= 4 is 33.4 Å². The van der Waals surface area contributed by atoms with Crippen LogP contribution in [0.3, 0.4) is 0 Å². The van der Waals surface area contributed by atoms with Crippen molar-refractivity contribution in [1.82, 2.24) is 9.88 Å². The number of aromatic nitrogens is 1. The van der Waals surface area contributed by atoms with E-state index < -0.39 is 0 Å². The summed E-state index contributed by atoms with van der Waals surface area (Å²) in [6.07, 6.45) is 0.234. The largest absolute Gasteiger partial charge is 0.469 e. The number of benzene rings is 1. The lowest BCUT2D eigenvalue weighted by Crippen LogP contribution is -2.26. The molecule has 0 bridgehead atoms. The molecule has 1 atom stereocenters. The molecule has 3 rings (SSSR count). The van der Waals surface area contributed by atoms with Crippen LogP contribution in [-0.2, 0) is 20.9 Å². The van der Waals surface area contributed by atoms with E-state index in [1.165, 1.54) is 7.11 Å². The predicted molar refractivity (Wildman–Crippen MR) is 75.2 cm³/mol. The molecule has 104 valence electrons. The summed E-state index contributed by atoms with van der Waals surface area (Å²) < 4.78 is 5.81. The molecule has 0 N–H and O–H groups in total. The van der Waals surface area contributed by atoms with Crippen molar-refractivity contribution in [2.45, 2.75) is 13.0 Å². The number of ether oxygens (including phenoxy) is 1. The van der Waals surface area contributed by atoms with Crippen LogP contribution in [0.25, 0.3) is 10.2 Å². The number of esters is 1. The van der Waals surface area contributed by atoms with Gasteiger partial charge in [0.1, 0.15) is 5.01 Å². The number of fused-ring (bicyclic) bond motifs is 1. The van der Waals surface area contributed by atoms with Crippen molar-refractivity contribution in [3.05, 3.63) is 29.3 Å². The van der Waals surface area contributed by atoms with E-state index >= 15 is 0 Å². The number of methoxy groups -OCH3 is 1. The molecule has 5 nitrogen and oxygen atoms in total. The average molecular weight is 290 g/mol. The second-order valence-electron chi connectivity index (χ2n) is 4.77. The van der Waals surface area contributed by atoms with E-state index in [0.717, 1.165) is 15.2 Å². The lowest BCUT2D eigenvalue weighted by atomic mass is 10.1. The van der Waals surface area contributed by atoms with Gasteiger partial charge in [0.05, 0.1) is 29.8 Å². The highest BCUT2D eigenvalue weighted by molar-refractivity contribution is 7.18. The van der Waals surface area contributed by atoms with Crippen LogP contribution in [0.15, 0.2) is 24.3 Å². The van der Waals surface area contributed by atoms with Crippen LogP contribution >= 0.6 is 11.3 Å². The molecule has 1 saturated heterocycles. The smallest absolute Gasteiger partial charge is 0.310 e. The highest BCUT2D eigenvalue weighted by Gasteiger charge is 2.35. The molecule has 1 aliphatic heterocycles. The number of hydrogen-bond donors (Lipinski definition) is 0. The molecule has 0 spiro atoms. The lowest BCUT2D eigenvalue weighted by Gasteiger charge is -2.14. The third-order valence-electron chi connectivity index (χ3n) is 3.41. The van der Waals surface area contributed by atoms with E-state index in [2.05, 4.69) is 4.98 Å². The summed E-state index contributed by atoms with van der Waals surface area (Å²) in [5, 5.41) is 0.894. The van der Waals surface area contributed by atoms with Gasteiger partial charge in [0.2, 0.25) is 5.91 Å². The number of amides is 1. The van der Waals surface area contributed by atoms with Gasteiger partial charge in [0.15, 0.2) is 0 Å². The third kappa shape index (κ3) is 2.38. The van der Waals surface area contributed by atoms with Crippen LogP contribution in [0.2, 0.25) is 0 Å². The zero-order valence-electron chi connectivity index (χ0n) is 11.0. The van der Waals surface area contributed by atoms with Gasteiger partial charge in [-0.15, -0.1) is 11.3 Å². The van der Waals surface area contributed by atoms with E-state index in [9.17, 15) is 9.59 Å². The molecule has 20 heavy (non-hydrogen) atoms. The van der Waals surface area contributed by atoms with Gasteiger partial charge in [-0.3, -0.25) is 9.59 Å². The molecule has 2 heterocycles. The fourth-order valence-corrected chi connectivity index (χ4v) is 3.38. The average Bonchev–Trinajstić information content (AvgIpc) is 3.02. The Morgan fingerprint density at radius 2 is 2.30 bits per heavy atom. The number of thiazole rings is 1. The molecule has 1 aromatic carbocycles. The standard InChI is InChI=1S/C14H14N2O3S/c1-19-14(18)9-6-13(17)16(7-9)8-12-15-10-4-2-3-5-11(10)20-12/h2-5,9H,6-8H2,1H3. The molecule has 0 saturated carbocycles. The zero-order valence-corrected chi connectivity index (χ0v) is 11.9. The Morgan fingerprint density at radius 3 is 3.05 bits per heavy atom. The van der Waals surface area contributed by atoms with Crippen LogP contribution in [-0.4, -0.2) is 35.4 Å². The van der Waals surface area contributed by atoms with Gasteiger partial charge in [0, 0.05) is 13.0 Å². The Labute approximate surface area is 120 Å². The second-order valence-corrected chi connectivity index (χ2v) is 5.89. The molecule has 1 unspecified atom stereocenters. The molecule has 6 heteroatoms. The van der Waals surface area contributed by atoms with Crippen molar-refractivity contribution in [2.24, 2.45) is 5.92 Å². The summed E-state index contributed by atoms with van der Waals surface area (Å²) >= 11 is 1.58. The highest BCUT2D eigenvalue weighted by atomic mass is 32.1. The first-order valence-electron chi connectivity index (χ1n) is 6.37. The van der Waals surface area contributed by atoms with Gasteiger partial charge in [-0.25, -0.2) is 4.98 Å². The first-order chi connectivity index (χ1) is 9.67. The van der Waals surface area contributed by atoms with Crippen LogP contribution in [0.5, 0.6) is 0 Å². The summed E-state index contributed by atoms with van der Waals surface area (Å²) in [4.78, 5) is 29.6. The zero-order chi connectivity index (χ0) is 14.1. The van der Waals surface area contributed by atoms with Crippen LogP contribution < -0.4 is 0 Å². The van der Waals surface area contributed by atoms with Gasteiger partial charge in [0.25, 0.3) is 0 Å². The number of nitrogens with zero attached hydrogens (tertiary/aromatic N) is 2. The van der Waals surface area contributed by atoms with E-state index in [0.29, 0.717) is 13.1 Å². The van der Waals surface area contributed by atoms with Gasteiger partial charge in [-0.05, 0) is 12.1 Å². The number of likely N-dealkylation sites (tertiary alicyclic amines) is 1. The minimum absolute atomic E-state index is 0.0142. The number of hydrogen-bond acceptors (Lipinski definition) is 5. The van der Waals surface area contributed by atoms with Crippen LogP contribution in [0, 0.1) is 5.92 Å². The Kier molecular flexibility index (Phi) is 3.40. The molecule has 0 radical (unpaired) electrons. The Morgan fingerprint density at radius 1 is 1.50 bits per heavy atom. The predicted octanol–water partition coefficient (Wildman–Crippen LogP) is 1.82. The van der Waals surface area contributed by atoms with Gasteiger partial charge in [-0.1, -0.05) is 12.1 Å². The Bertz CT molecular complexity index is 634. The van der Waals surface area contributed by atoms with Gasteiger partial charge < -0.3 is 9.64 Å². The molecule has 1 aliphatic rings. The summed E-state index contributed by atoms with van der Waals surface area (Å²) in [6.45, 7) is 0.882. The van der Waals surface area contributed by atoms with E-state index in [1.807, 2.05) is 24.3 Å². The quantitative estimate of drug-likeness (QED) is 0.809. The summed E-state index contributed by atoms with van der Waals surface area (Å²) in [6, 6.07) is 7.89. The number of para-hydroxylation sites is 1. The van der Waals surface area contributed by atoms with Crippen LogP contribution in [0.1, 0.15) is 11.4 Å². The molecular formula is C14H14N2O3S. The number of carbonyl (C=O) groups excluding carboxylic acids is 2. The SMILES string of the molecule is COC(=O)C1CC(=O)N(Cc2nc3ccccc3s2)C1. The summed E-state index contributed by atoms with van der Waals surface area (Å²) in [5.41, 5.74) is 0.948. The Balaban J connectivity index is 1.74. The van der Waals surface area contributed by atoms with Crippen molar-refractivity contribution in [3.8, 4) is 0 Å². The number of carbonyl (C=O) groups is 2. The normalized spacial score (nSPS) is 18.8. The van der Waals surface area contributed by atoms with E-state index in [-0.39, 0.29) is 24.2 Å². The first kappa shape index (κ1) is 13.1. The molecule has 0 aliphatic carbocycles. The van der Waals surface area contributed by atoms with E-state index in [4.69, 9.17) is 4.74 Å². The Hall–Kier alpha value is -1.95. The maximum atomic E-state index is 11.9. The minimum atomic E-state index is -0.345. The van der Waals surface area contributed by atoms with Gasteiger partial charge >= 0.3 is 5.97 Å². The fourth-order valence-electron chi connectivity index (χ4n) is 2.40. The molecule has 1 fully saturated rings. The summed E-state index contributed by atoms with van der Waals surface area (Å²) in [5.74, 6) is -0.674. The van der Waals surface area contributed by atoms with Gasteiger partial charge in [-0.2, -0.15) is 0 Å². The minimum Gasteiger partial charge on any atom is -0.469 e.